The van der Waals surface area contributed by atoms with Crippen LogP contribution in [-0.4, -0.2) is 46.5 Å². The Morgan fingerprint density at radius 2 is 1.80 bits per heavy atom. The van der Waals surface area contributed by atoms with Crippen LogP contribution in [0.2, 0.25) is 0 Å². The second kappa shape index (κ2) is 9.31. The van der Waals surface area contributed by atoms with Gasteiger partial charge in [-0.15, -0.1) is 11.6 Å². The molecule has 0 N–H and O–H groups in total. The predicted octanol–water partition coefficient (Wildman–Crippen LogP) is 1.80. The predicted molar refractivity (Wildman–Crippen MR) is 77.4 cm³/mol. The van der Waals surface area contributed by atoms with Crippen molar-refractivity contribution in [3.63, 3.8) is 0 Å². The summed E-state index contributed by atoms with van der Waals surface area (Å²) in [4.78, 5) is 0. The van der Waals surface area contributed by atoms with Crippen LogP contribution in [0, 0.1) is 0 Å². The topological polar surface area (TPSA) is 61.8 Å². The highest BCUT2D eigenvalue weighted by molar-refractivity contribution is 7.86. The molecule has 0 spiro atoms. The Kier molecular flexibility index (Phi) is 8.09. The van der Waals surface area contributed by atoms with Crippen LogP contribution in [0.4, 0.5) is 0 Å². The van der Waals surface area contributed by atoms with Crippen LogP contribution < -0.4 is 0 Å². The van der Waals surface area contributed by atoms with Gasteiger partial charge in [-0.25, -0.2) is 0 Å². The lowest BCUT2D eigenvalue weighted by Crippen LogP contribution is -2.28. The summed E-state index contributed by atoms with van der Waals surface area (Å²) >= 11 is 5.49. The zero-order chi connectivity index (χ0) is 14.8. The van der Waals surface area contributed by atoms with Gasteiger partial charge in [-0.1, -0.05) is 30.3 Å². The Labute approximate surface area is 124 Å². The number of benzene rings is 1. The van der Waals surface area contributed by atoms with E-state index >= 15 is 0 Å². The Balaban J connectivity index is 2.39. The number of hydrogen-bond donors (Lipinski definition) is 0. The first-order valence-electron chi connectivity index (χ1n) is 6.15. The molecule has 0 radical (unpaired) electrons. The summed E-state index contributed by atoms with van der Waals surface area (Å²) in [6, 6.07) is 9.59. The molecule has 0 bridgehead atoms. The van der Waals surface area contributed by atoms with Crippen molar-refractivity contribution < 1.29 is 22.1 Å². The van der Waals surface area contributed by atoms with E-state index in [0.717, 1.165) is 11.8 Å². The van der Waals surface area contributed by atoms with Gasteiger partial charge in [0.05, 0.1) is 32.7 Å². The van der Waals surface area contributed by atoms with Crippen molar-refractivity contribution in [1.82, 2.24) is 0 Å². The van der Waals surface area contributed by atoms with E-state index in [0.29, 0.717) is 19.1 Å². The molecule has 114 valence electrons. The number of ether oxygens (including phenoxy) is 2. The molecule has 0 saturated carbocycles. The molecule has 0 aliphatic heterocycles. The normalized spacial score (nSPS) is 13.3. The summed E-state index contributed by atoms with van der Waals surface area (Å²) in [5, 5.41) is 0. The maximum Gasteiger partial charge on any atom is 0.264 e. The fourth-order valence-electron chi connectivity index (χ4n) is 1.50. The molecule has 0 unspecified atom stereocenters. The minimum atomic E-state index is -3.55. The fourth-order valence-corrected chi connectivity index (χ4v) is 2.22. The average molecular weight is 323 g/mol. The smallest absolute Gasteiger partial charge is 0.264 e. The first-order chi connectivity index (χ1) is 9.51. The Hall–Kier alpha value is -0.660. The summed E-state index contributed by atoms with van der Waals surface area (Å²) < 4.78 is 37.8. The van der Waals surface area contributed by atoms with Crippen molar-refractivity contribution in [2.24, 2.45) is 0 Å². The second-order valence-corrected chi connectivity index (χ2v) is 6.17. The van der Waals surface area contributed by atoms with E-state index < -0.39 is 16.2 Å². The maximum absolute atomic E-state index is 11.1. The van der Waals surface area contributed by atoms with E-state index in [1.807, 2.05) is 30.3 Å². The molecule has 0 aromatic heterocycles. The monoisotopic (exact) mass is 322 g/mol. The Morgan fingerprint density at radius 1 is 1.15 bits per heavy atom. The molecule has 0 aliphatic rings. The molecular weight excluding hydrogens is 304 g/mol. The van der Waals surface area contributed by atoms with Crippen molar-refractivity contribution >= 4 is 21.7 Å². The van der Waals surface area contributed by atoms with Crippen LogP contribution in [-0.2, 0) is 30.4 Å². The van der Waals surface area contributed by atoms with Crippen molar-refractivity contribution in [2.75, 3.05) is 32.0 Å². The number of hydrogen-bond acceptors (Lipinski definition) is 5. The summed E-state index contributed by atoms with van der Waals surface area (Å²) in [5.74, 6) is 0.344. The highest BCUT2D eigenvalue weighted by Gasteiger charge is 2.16. The quantitative estimate of drug-likeness (QED) is 0.373. The van der Waals surface area contributed by atoms with E-state index in [2.05, 4.69) is 0 Å². The SMILES string of the molecule is CS(=O)(=O)O[C@H](COCCCl)COCc1ccccc1. The molecule has 1 rings (SSSR count). The van der Waals surface area contributed by atoms with Crippen molar-refractivity contribution in [3.05, 3.63) is 35.9 Å². The molecule has 0 saturated heterocycles. The third kappa shape index (κ3) is 8.50. The number of alkyl halides is 1. The molecule has 0 amide bonds. The van der Waals surface area contributed by atoms with Crippen LogP contribution in [0.3, 0.4) is 0 Å². The highest BCUT2D eigenvalue weighted by Crippen LogP contribution is 2.05. The maximum atomic E-state index is 11.1. The summed E-state index contributed by atoms with van der Waals surface area (Å²) in [7, 11) is -3.55. The van der Waals surface area contributed by atoms with Crippen molar-refractivity contribution in [3.8, 4) is 0 Å². The molecular formula is C13H19ClO5S. The standard InChI is InChI=1S/C13H19ClO5S/c1-20(15,16)19-13(10-17-8-7-14)11-18-9-12-5-3-2-4-6-12/h2-6,13H,7-11H2,1H3/t13-/m1/s1. The minimum absolute atomic E-state index is 0.120. The van der Waals surface area contributed by atoms with Gasteiger partial charge in [0.1, 0.15) is 6.10 Å². The highest BCUT2D eigenvalue weighted by atomic mass is 35.5. The van der Waals surface area contributed by atoms with Gasteiger partial charge < -0.3 is 9.47 Å². The van der Waals surface area contributed by atoms with Gasteiger partial charge in [0.15, 0.2) is 0 Å². The zero-order valence-corrected chi connectivity index (χ0v) is 12.9. The van der Waals surface area contributed by atoms with E-state index in [1.54, 1.807) is 0 Å². The summed E-state index contributed by atoms with van der Waals surface area (Å²) in [5.41, 5.74) is 1.01. The minimum Gasteiger partial charge on any atom is -0.377 e. The van der Waals surface area contributed by atoms with Gasteiger partial charge in [0, 0.05) is 5.88 Å². The Morgan fingerprint density at radius 3 is 2.40 bits per heavy atom. The summed E-state index contributed by atoms with van der Waals surface area (Å²) in [6.07, 6.45) is 0.329. The third-order valence-electron chi connectivity index (χ3n) is 2.25. The van der Waals surface area contributed by atoms with E-state index in [-0.39, 0.29) is 13.2 Å². The first kappa shape index (κ1) is 17.4. The van der Waals surface area contributed by atoms with Gasteiger partial charge >= 0.3 is 0 Å². The molecule has 0 fully saturated rings. The van der Waals surface area contributed by atoms with Gasteiger partial charge in [-0.3, -0.25) is 4.18 Å². The lowest BCUT2D eigenvalue weighted by molar-refractivity contribution is -0.00485. The second-order valence-electron chi connectivity index (χ2n) is 4.19. The number of halogens is 1. The fraction of sp³-hybridized carbons (Fsp3) is 0.538. The molecule has 7 heteroatoms. The van der Waals surface area contributed by atoms with Crippen LogP contribution in [0.5, 0.6) is 0 Å². The van der Waals surface area contributed by atoms with Gasteiger partial charge in [-0.05, 0) is 5.56 Å². The van der Waals surface area contributed by atoms with E-state index in [4.69, 9.17) is 25.3 Å². The third-order valence-corrected chi connectivity index (χ3v) is 3.03. The number of rotatable bonds is 10. The van der Waals surface area contributed by atoms with Gasteiger partial charge in [0.2, 0.25) is 0 Å². The molecule has 1 aromatic rings. The molecule has 20 heavy (non-hydrogen) atoms. The molecule has 5 nitrogen and oxygen atoms in total. The van der Waals surface area contributed by atoms with E-state index in [1.165, 1.54) is 0 Å². The molecule has 1 atom stereocenters. The molecule has 0 heterocycles. The first-order valence-corrected chi connectivity index (χ1v) is 8.50. The summed E-state index contributed by atoms with van der Waals surface area (Å²) in [6.45, 7) is 0.975. The van der Waals surface area contributed by atoms with Crippen LogP contribution in [0.1, 0.15) is 5.56 Å². The van der Waals surface area contributed by atoms with Crippen LogP contribution in [0.15, 0.2) is 30.3 Å². The van der Waals surface area contributed by atoms with Gasteiger partial charge in [-0.2, -0.15) is 8.42 Å². The Bertz CT molecular complexity index is 463. The largest absolute Gasteiger partial charge is 0.377 e. The van der Waals surface area contributed by atoms with Crippen molar-refractivity contribution in [2.45, 2.75) is 12.7 Å². The zero-order valence-electron chi connectivity index (χ0n) is 11.3. The molecule has 1 aromatic carbocycles. The van der Waals surface area contributed by atoms with Crippen LogP contribution in [0.25, 0.3) is 0 Å². The van der Waals surface area contributed by atoms with Gasteiger partial charge in [0.25, 0.3) is 10.1 Å². The van der Waals surface area contributed by atoms with Crippen molar-refractivity contribution in [1.29, 1.82) is 0 Å². The van der Waals surface area contributed by atoms with Crippen LogP contribution >= 0.6 is 11.6 Å². The lowest BCUT2D eigenvalue weighted by atomic mass is 10.2. The lowest BCUT2D eigenvalue weighted by Gasteiger charge is -2.16. The average Bonchev–Trinajstić information content (AvgIpc) is 2.38. The van der Waals surface area contributed by atoms with E-state index in [9.17, 15) is 8.42 Å². The molecule has 0 aliphatic carbocycles.